The van der Waals surface area contributed by atoms with E-state index in [9.17, 15) is 14.3 Å². The molecule has 0 aliphatic carbocycles. The molecule has 0 unspecified atom stereocenters. The first-order chi connectivity index (χ1) is 9.06. The molecule has 0 saturated carbocycles. The lowest BCUT2D eigenvalue weighted by molar-refractivity contribution is -0.0893. The molecule has 0 bridgehead atoms. The summed E-state index contributed by atoms with van der Waals surface area (Å²) in [6.07, 6.45) is 0. The fourth-order valence-electron chi connectivity index (χ4n) is 1.19. The molecule has 0 aromatic carbocycles. The lowest BCUT2D eigenvalue weighted by Gasteiger charge is -2.37. The smallest absolute Gasteiger partial charge is 0.331 e. The third-order valence-electron chi connectivity index (χ3n) is 3.24. The molecular weight excluding hydrogens is 262 g/mol. The zero-order valence-electron chi connectivity index (χ0n) is 12.3. The number of amides is 1. The van der Waals surface area contributed by atoms with Gasteiger partial charge in [0.15, 0.2) is 0 Å². The van der Waals surface area contributed by atoms with Crippen molar-refractivity contribution < 1.29 is 18.9 Å². The molecule has 1 radical (unpaired) electrons. The predicted molar refractivity (Wildman–Crippen MR) is 74.4 cm³/mol. The van der Waals surface area contributed by atoms with Gasteiger partial charge in [-0.2, -0.15) is 4.39 Å². The number of nitrogens with one attached hydrogen (secondary N) is 1. The number of hydrogen-bond acceptors (Lipinski definition) is 4. The number of carbonyl (C=O) groups is 1. The summed E-state index contributed by atoms with van der Waals surface area (Å²) in [7, 11) is 2.74. The Morgan fingerprint density at radius 3 is 2.50 bits per heavy atom. The van der Waals surface area contributed by atoms with Gasteiger partial charge in [-0.05, 0) is 45.3 Å². The van der Waals surface area contributed by atoms with Crippen LogP contribution in [0.2, 0.25) is 0 Å². The lowest BCUT2D eigenvalue weighted by Crippen LogP contribution is -2.49. The minimum Gasteiger partial charge on any atom is -0.427 e. The summed E-state index contributed by atoms with van der Waals surface area (Å²) in [6.45, 7) is 6.65. The number of pyridine rings is 1. The number of nitrogens with zero attached hydrogens (tertiary/aromatic N) is 1. The molecule has 20 heavy (non-hydrogen) atoms. The van der Waals surface area contributed by atoms with E-state index < -0.39 is 23.1 Å². The average Bonchev–Trinajstić information content (AvgIpc) is 2.33. The maximum absolute atomic E-state index is 13.4. The zero-order valence-corrected chi connectivity index (χ0v) is 12.3. The molecule has 0 aliphatic rings. The van der Waals surface area contributed by atoms with Gasteiger partial charge in [-0.25, -0.2) is 4.98 Å². The van der Waals surface area contributed by atoms with Crippen LogP contribution in [0.1, 0.15) is 38.2 Å². The molecule has 1 heterocycles. The summed E-state index contributed by atoms with van der Waals surface area (Å²) in [5.74, 6) is -1.26. The van der Waals surface area contributed by atoms with Crippen LogP contribution in [0.5, 0.6) is 0 Å². The second kappa shape index (κ2) is 5.89. The molecule has 1 aromatic heterocycles. The Bertz CT molecular complexity index is 501. The summed E-state index contributed by atoms with van der Waals surface area (Å²) in [5, 5.41) is 12.3. The topological polar surface area (TPSA) is 71.5 Å². The molecular formula is C13H19BFN2O3. The minimum atomic E-state index is -1.08. The van der Waals surface area contributed by atoms with Crippen LogP contribution in [0, 0.1) is 5.95 Å². The number of halogens is 1. The fourth-order valence-corrected chi connectivity index (χ4v) is 1.19. The Kier molecular flexibility index (Phi) is 4.88. The standard InChI is InChI=1S/C13H19BFN2O3/c1-12(2,19)13(3,4)20-14-8-6-9(11(18)16-5)17-10(15)7-8/h6-7,19H,1-5H3,(H,16,18). The molecule has 1 rings (SSSR count). The Labute approximate surface area is 118 Å². The second-order valence-electron chi connectivity index (χ2n) is 5.49. The number of rotatable bonds is 5. The summed E-state index contributed by atoms with van der Waals surface area (Å²) in [5.41, 5.74) is -1.64. The van der Waals surface area contributed by atoms with Crippen LogP contribution in [0.4, 0.5) is 4.39 Å². The molecule has 109 valence electrons. The van der Waals surface area contributed by atoms with E-state index in [1.807, 2.05) is 0 Å². The summed E-state index contributed by atoms with van der Waals surface area (Å²) in [4.78, 5) is 14.9. The van der Waals surface area contributed by atoms with Gasteiger partial charge < -0.3 is 15.1 Å². The highest BCUT2D eigenvalue weighted by atomic mass is 19.1. The maximum atomic E-state index is 13.4. The van der Waals surface area contributed by atoms with Crippen molar-refractivity contribution in [3.8, 4) is 0 Å². The quantitative estimate of drug-likeness (QED) is 0.605. The van der Waals surface area contributed by atoms with Crippen LogP contribution >= 0.6 is 0 Å². The monoisotopic (exact) mass is 281 g/mol. The molecule has 7 heteroatoms. The van der Waals surface area contributed by atoms with Gasteiger partial charge in [-0.1, -0.05) is 0 Å². The highest BCUT2D eigenvalue weighted by Gasteiger charge is 2.35. The maximum Gasteiger partial charge on any atom is 0.331 e. The molecule has 1 aromatic rings. The third kappa shape index (κ3) is 4.01. The predicted octanol–water partition coefficient (Wildman–Crippen LogP) is 0.391. The van der Waals surface area contributed by atoms with E-state index >= 15 is 0 Å². The summed E-state index contributed by atoms with van der Waals surface area (Å²) >= 11 is 0. The van der Waals surface area contributed by atoms with Gasteiger partial charge in [-0.15, -0.1) is 0 Å². The molecule has 2 N–H and O–H groups in total. The van der Waals surface area contributed by atoms with E-state index in [-0.39, 0.29) is 5.69 Å². The Hall–Kier alpha value is -1.47. The number of aliphatic hydroxyl groups is 1. The SMILES string of the molecule is CNC(=O)c1cc([B]OC(C)(C)C(C)(C)O)cc(F)n1. The lowest BCUT2D eigenvalue weighted by atomic mass is 9.82. The minimum absolute atomic E-state index is 0.0385. The van der Waals surface area contributed by atoms with Crippen molar-refractivity contribution in [3.63, 3.8) is 0 Å². The summed E-state index contributed by atoms with van der Waals surface area (Å²) < 4.78 is 18.9. The van der Waals surface area contributed by atoms with Crippen molar-refractivity contribution in [2.24, 2.45) is 0 Å². The normalized spacial score (nSPS) is 12.2. The van der Waals surface area contributed by atoms with Gasteiger partial charge in [0.25, 0.3) is 5.91 Å². The fraction of sp³-hybridized carbons (Fsp3) is 0.538. The summed E-state index contributed by atoms with van der Waals surface area (Å²) in [6, 6.07) is 2.55. The third-order valence-corrected chi connectivity index (χ3v) is 3.24. The Balaban J connectivity index is 2.89. The van der Waals surface area contributed by atoms with Crippen molar-refractivity contribution in [1.82, 2.24) is 10.3 Å². The molecule has 1 amide bonds. The van der Waals surface area contributed by atoms with Crippen molar-refractivity contribution >= 4 is 18.9 Å². The number of carbonyl (C=O) groups excluding carboxylic acids is 1. The molecule has 0 fully saturated rings. The van der Waals surface area contributed by atoms with E-state index in [1.165, 1.54) is 20.6 Å². The molecule has 0 aliphatic heterocycles. The highest BCUT2D eigenvalue weighted by Crippen LogP contribution is 2.24. The van der Waals surface area contributed by atoms with Crippen molar-refractivity contribution in [2.45, 2.75) is 38.9 Å². The average molecular weight is 281 g/mol. The van der Waals surface area contributed by atoms with E-state index in [1.54, 1.807) is 27.7 Å². The Morgan fingerprint density at radius 2 is 2.00 bits per heavy atom. The van der Waals surface area contributed by atoms with Crippen LogP contribution in [0.15, 0.2) is 12.1 Å². The number of hydrogen-bond donors (Lipinski definition) is 2. The van der Waals surface area contributed by atoms with Gasteiger partial charge in [-0.3, -0.25) is 4.79 Å². The largest absolute Gasteiger partial charge is 0.427 e. The second-order valence-corrected chi connectivity index (χ2v) is 5.49. The van der Waals surface area contributed by atoms with Crippen LogP contribution < -0.4 is 10.8 Å². The van der Waals surface area contributed by atoms with E-state index in [0.29, 0.717) is 5.46 Å². The van der Waals surface area contributed by atoms with Crippen LogP contribution in [0.3, 0.4) is 0 Å². The van der Waals surface area contributed by atoms with Crippen LogP contribution in [0.25, 0.3) is 0 Å². The first-order valence-electron chi connectivity index (χ1n) is 6.20. The van der Waals surface area contributed by atoms with Gasteiger partial charge in [0.2, 0.25) is 5.95 Å². The van der Waals surface area contributed by atoms with E-state index in [4.69, 9.17) is 4.65 Å². The van der Waals surface area contributed by atoms with Crippen LogP contribution in [-0.4, -0.2) is 41.7 Å². The van der Waals surface area contributed by atoms with E-state index in [0.717, 1.165) is 6.07 Å². The van der Waals surface area contributed by atoms with Gasteiger partial charge in [0.05, 0.1) is 11.2 Å². The van der Waals surface area contributed by atoms with Crippen molar-refractivity contribution in [3.05, 3.63) is 23.8 Å². The van der Waals surface area contributed by atoms with Gasteiger partial charge >= 0.3 is 7.48 Å². The molecule has 5 nitrogen and oxygen atoms in total. The highest BCUT2D eigenvalue weighted by molar-refractivity contribution is 6.47. The molecule has 0 spiro atoms. The Morgan fingerprint density at radius 1 is 1.40 bits per heavy atom. The van der Waals surface area contributed by atoms with Gasteiger partial charge in [0, 0.05) is 7.05 Å². The van der Waals surface area contributed by atoms with E-state index in [2.05, 4.69) is 10.3 Å². The first-order valence-corrected chi connectivity index (χ1v) is 6.20. The van der Waals surface area contributed by atoms with Gasteiger partial charge in [0.1, 0.15) is 5.69 Å². The van der Waals surface area contributed by atoms with Crippen molar-refractivity contribution in [2.75, 3.05) is 7.05 Å². The molecule has 0 atom stereocenters. The molecule has 0 saturated heterocycles. The van der Waals surface area contributed by atoms with Crippen molar-refractivity contribution in [1.29, 1.82) is 0 Å². The number of aromatic nitrogens is 1. The van der Waals surface area contributed by atoms with Crippen LogP contribution in [-0.2, 0) is 4.65 Å². The zero-order chi connectivity index (χ0) is 15.6. The first kappa shape index (κ1) is 16.6.